The lowest BCUT2D eigenvalue weighted by Gasteiger charge is -2.09. The zero-order valence-corrected chi connectivity index (χ0v) is 11.4. The smallest absolute Gasteiger partial charge is 0.258 e. The number of carbonyl (C=O) groups excluding carboxylic acids is 1. The van der Waals surface area contributed by atoms with E-state index in [1.807, 2.05) is 6.92 Å². The van der Waals surface area contributed by atoms with Gasteiger partial charge < -0.3 is 19.9 Å². The van der Waals surface area contributed by atoms with Crippen LogP contribution < -0.4 is 14.8 Å². The summed E-state index contributed by atoms with van der Waals surface area (Å²) >= 11 is 0. The molecular weight excluding hydrogens is 246 g/mol. The highest BCUT2D eigenvalue weighted by Gasteiger charge is 2.04. The molecule has 0 fully saturated rings. The molecule has 5 heteroatoms. The van der Waals surface area contributed by atoms with Gasteiger partial charge in [0.15, 0.2) is 6.61 Å². The second kappa shape index (κ2) is 8.37. The van der Waals surface area contributed by atoms with Gasteiger partial charge in [0, 0.05) is 6.54 Å². The van der Waals surface area contributed by atoms with Crippen molar-refractivity contribution in [1.82, 2.24) is 5.32 Å². The van der Waals surface area contributed by atoms with Crippen molar-refractivity contribution >= 4 is 5.91 Å². The monoisotopic (exact) mass is 267 g/mol. The maximum absolute atomic E-state index is 11.4. The Hall–Kier alpha value is -1.75. The zero-order valence-electron chi connectivity index (χ0n) is 11.4. The van der Waals surface area contributed by atoms with Crippen LogP contribution in [0.1, 0.15) is 20.3 Å². The molecule has 0 aliphatic heterocycles. The van der Waals surface area contributed by atoms with E-state index in [9.17, 15) is 4.79 Å². The molecule has 0 aromatic heterocycles. The molecule has 1 aromatic rings. The van der Waals surface area contributed by atoms with E-state index >= 15 is 0 Å². The molecule has 0 aliphatic rings. The van der Waals surface area contributed by atoms with Gasteiger partial charge in [-0.15, -0.1) is 0 Å². The summed E-state index contributed by atoms with van der Waals surface area (Å²) in [5.41, 5.74) is 0. The molecule has 0 bridgehead atoms. The molecule has 1 amide bonds. The van der Waals surface area contributed by atoms with Crippen LogP contribution in [0.3, 0.4) is 0 Å². The molecule has 2 N–H and O–H groups in total. The molecule has 19 heavy (non-hydrogen) atoms. The Morgan fingerprint density at radius 1 is 1.26 bits per heavy atom. The summed E-state index contributed by atoms with van der Waals surface area (Å²) in [4.78, 5) is 11.4. The van der Waals surface area contributed by atoms with Gasteiger partial charge in [0.25, 0.3) is 5.91 Å². The minimum atomic E-state index is -0.557. The molecule has 1 atom stereocenters. The van der Waals surface area contributed by atoms with E-state index in [0.717, 1.165) is 12.2 Å². The van der Waals surface area contributed by atoms with Crippen molar-refractivity contribution in [2.75, 3.05) is 19.8 Å². The number of aliphatic hydroxyl groups is 1. The summed E-state index contributed by atoms with van der Waals surface area (Å²) in [5, 5.41) is 11.6. The van der Waals surface area contributed by atoms with Gasteiger partial charge in [-0.05, 0) is 37.6 Å². The number of nitrogens with one attached hydrogen (secondary N) is 1. The first-order valence-electron chi connectivity index (χ1n) is 6.42. The van der Waals surface area contributed by atoms with Gasteiger partial charge in [-0.1, -0.05) is 6.92 Å². The zero-order chi connectivity index (χ0) is 14.1. The number of rotatable bonds is 8. The minimum absolute atomic E-state index is 0.0676. The number of aliphatic hydroxyl groups excluding tert-OH is 1. The van der Waals surface area contributed by atoms with Crippen LogP contribution >= 0.6 is 0 Å². The Labute approximate surface area is 113 Å². The van der Waals surface area contributed by atoms with Crippen LogP contribution in [-0.2, 0) is 4.79 Å². The van der Waals surface area contributed by atoms with Crippen LogP contribution in [-0.4, -0.2) is 36.9 Å². The van der Waals surface area contributed by atoms with Gasteiger partial charge in [-0.3, -0.25) is 4.79 Å². The highest BCUT2D eigenvalue weighted by atomic mass is 16.5. The molecule has 0 saturated carbocycles. The molecule has 0 spiro atoms. The molecule has 1 unspecified atom stereocenters. The van der Waals surface area contributed by atoms with E-state index in [0.29, 0.717) is 12.4 Å². The van der Waals surface area contributed by atoms with Gasteiger partial charge in [-0.2, -0.15) is 0 Å². The Kier molecular flexibility index (Phi) is 6.74. The average Bonchev–Trinajstić information content (AvgIpc) is 2.41. The molecule has 106 valence electrons. The van der Waals surface area contributed by atoms with E-state index in [2.05, 4.69) is 5.32 Å². The highest BCUT2D eigenvalue weighted by Crippen LogP contribution is 2.17. The van der Waals surface area contributed by atoms with Crippen molar-refractivity contribution in [1.29, 1.82) is 0 Å². The van der Waals surface area contributed by atoms with Crippen molar-refractivity contribution in [3.63, 3.8) is 0 Å². The molecule has 0 saturated heterocycles. The SMILES string of the molecule is CCCOc1ccc(OCC(=O)NCC(C)O)cc1. The molecule has 5 nitrogen and oxygen atoms in total. The van der Waals surface area contributed by atoms with Gasteiger partial charge in [-0.25, -0.2) is 0 Å². The normalized spacial score (nSPS) is 11.7. The van der Waals surface area contributed by atoms with Crippen LogP contribution in [0.4, 0.5) is 0 Å². The lowest BCUT2D eigenvalue weighted by Crippen LogP contribution is -2.34. The van der Waals surface area contributed by atoms with Crippen molar-refractivity contribution in [2.24, 2.45) is 0 Å². The Morgan fingerprint density at radius 3 is 2.37 bits per heavy atom. The second-order valence-electron chi connectivity index (χ2n) is 4.26. The molecule has 1 aromatic carbocycles. The van der Waals surface area contributed by atoms with Crippen LogP contribution in [0.2, 0.25) is 0 Å². The van der Waals surface area contributed by atoms with Crippen molar-refractivity contribution in [3.8, 4) is 11.5 Å². The summed E-state index contributed by atoms with van der Waals surface area (Å²) in [6.45, 7) is 4.50. The van der Waals surface area contributed by atoms with Crippen molar-refractivity contribution in [3.05, 3.63) is 24.3 Å². The number of hydrogen-bond donors (Lipinski definition) is 2. The predicted octanol–water partition coefficient (Wildman–Crippen LogP) is 1.35. The number of ether oxygens (including phenoxy) is 2. The lowest BCUT2D eigenvalue weighted by molar-refractivity contribution is -0.123. The summed E-state index contributed by atoms with van der Waals surface area (Å²) in [7, 11) is 0. The van der Waals surface area contributed by atoms with Crippen LogP contribution in [0.5, 0.6) is 11.5 Å². The molecular formula is C14H21NO4. The van der Waals surface area contributed by atoms with E-state index in [1.165, 1.54) is 0 Å². The third kappa shape index (κ3) is 6.67. The lowest BCUT2D eigenvalue weighted by atomic mass is 10.3. The number of amides is 1. The van der Waals surface area contributed by atoms with Crippen molar-refractivity contribution < 1.29 is 19.4 Å². The summed E-state index contributed by atoms with van der Waals surface area (Å²) in [6.07, 6.45) is 0.403. The molecule has 0 heterocycles. The van der Waals surface area contributed by atoms with Gasteiger partial charge in [0.1, 0.15) is 11.5 Å². The molecule has 0 radical (unpaired) electrons. The summed E-state index contributed by atoms with van der Waals surface area (Å²) < 4.78 is 10.7. The second-order valence-corrected chi connectivity index (χ2v) is 4.26. The highest BCUT2D eigenvalue weighted by molar-refractivity contribution is 5.77. The largest absolute Gasteiger partial charge is 0.494 e. The minimum Gasteiger partial charge on any atom is -0.494 e. The molecule has 1 rings (SSSR count). The summed E-state index contributed by atoms with van der Waals surface area (Å²) in [6, 6.07) is 7.12. The van der Waals surface area contributed by atoms with Gasteiger partial charge in [0.2, 0.25) is 0 Å². The van der Waals surface area contributed by atoms with Gasteiger partial charge in [0.05, 0.1) is 12.7 Å². The first-order valence-corrected chi connectivity index (χ1v) is 6.42. The maximum atomic E-state index is 11.4. The maximum Gasteiger partial charge on any atom is 0.258 e. The number of hydrogen-bond acceptors (Lipinski definition) is 4. The van der Waals surface area contributed by atoms with Gasteiger partial charge >= 0.3 is 0 Å². The third-order valence-corrected chi connectivity index (χ3v) is 2.26. The first kappa shape index (κ1) is 15.3. The Morgan fingerprint density at radius 2 is 1.84 bits per heavy atom. The quantitative estimate of drug-likeness (QED) is 0.746. The van der Waals surface area contributed by atoms with Crippen molar-refractivity contribution in [2.45, 2.75) is 26.4 Å². The third-order valence-electron chi connectivity index (χ3n) is 2.26. The fourth-order valence-electron chi connectivity index (χ4n) is 1.31. The number of benzene rings is 1. The topological polar surface area (TPSA) is 67.8 Å². The Balaban J connectivity index is 2.31. The average molecular weight is 267 g/mol. The Bertz CT molecular complexity index is 376. The van der Waals surface area contributed by atoms with E-state index in [-0.39, 0.29) is 19.1 Å². The summed E-state index contributed by atoms with van der Waals surface area (Å²) in [5.74, 6) is 1.14. The fourth-order valence-corrected chi connectivity index (χ4v) is 1.31. The van der Waals surface area contributed by atoms with Crippen LogP contribution in [0.15, 0.2) is 24.3 Å². The molecule has 0 aliphatic carbocycles. The predicted molar refractivity (Wildman–Crippen MR) is 72.4 cm³/mol. The fraction of sp³-hybridized carbons (Fsp3) is 0.500. The number of carbonyl (C=O) groups is 1. The van der Waals surface area contributed by atoms with E-state index in [1.54, 1.807) is 31.2 Å². The van der Waals surface area contributed by atoms with Crippen LogP contribution in [0.25, 0.3) is 0 Å². The van der Waals surface area contributed by atoms with E-state index in [4.69, 9.17) is 14.6 Å². The van der Waals surface area contributed by atoms with Crippen LogP contribution in [0, 0.1) is 0 Å². The van der Waals surface area contributed by atoms with E-state index < -0.39 is 6.10 Å². The standard InChI is InChI=1S/C14H21NO4/c1-3-8-18-12-4-6-13(7-5-12)19-10-14(17)15-9-11(2)16/h4-7,11,16H,3,8-10H2,1-2H3,(H,15,17). The first-order chi connectivity index (χ1) is 9.11.